The number of ether oxygens (including phenoxy) is 2. The van der Waals surface area contributed by atoms with Crippen molar-refractivity contribution in [2.24, 2.45) is 0 Å². The Labute approximate surface area is 163 Å². The van der Waals surface area contributed by atoms with Gasteiger partial charge in [-0.15, -0.1) is 0 Å². The zero-order chi connectivity index (χ0) is 20.4. The highest BCUT2D eigenvalue weighted by molar-refractivity contribution is 5.96. The monoisotopic (exact) mass is 380 g/mol. The van der Waals surface area contributed by atoms with Crippen LogP contribution in [0.3, 0.4) is 0 Å². The molecule has 7 nitrogen and oxygen atoms in total. The van der Waals surface area contributed by atoms with Gasteiger partial charge in [0, 0.05) is 17.7 Å². The zero-order valence-corrected chi connectivity index (χ0v) is 15.5. The molecule has 28 heavy (non-hydrogen) atoms. The quantitative estimate of drug-likeness (QED) is 0.377. The maximum atomic E-state index is 12.3. The van der Waals surface area contributed by atoms with Crippen molar-refractivity contribution in [3.63, 3.8) is 0 Å². The molecule has 144 valence electrons. The number of nitrogens with zero attached hydrogens (tertiary/aromatic N) is 2. The highest BCUT2D eigenvalue weighted by atomic mass is 16.6. The molecule has 2 rings (SSSR count). The molecule has 0 fully saturated rings. The maximum Gasteiger partial charge on any atom is 0.344 e. The molecule has 0 unspecified atom stereocenters. The van der Waals surface area contributed by atoms with Gasteiger partial charge in [-0.2, -0.15) is 5.26 Å². The number of amides is 1. The number of anilines is 1. The number of benzene rings is 2. The summed E-state index contributed by atoms with van der Waals surface area (Å²) in [5.74, 6) is -0.799. The van der Waals surface area contributed by atoms with Gasteiger partial charge in [-0.1, -0.05) is 25.1 Å². The average molecular weight is 380 g/mol. The summed E-state index contributed by atoms with van der Waals surface area (Å²) in [5, 5.41) is 8.91. The first-order valence-corrected chi connectivity index (χ1v) is 8.69. The van der Waals surface area contributed by atoms with E-state index in [4.69, 9.17) is 14.7 Å². The van der Waals surface area contributed by atoms with Crippen LogP contribution in [-0.2, 0) is 14.3 Å². The molecule has 1 amide bonds. The smallest absolute Gasteiger partial charge is 0.344 e. The molecule has 0 heterocycles. The van der Waals surface area contributed by atoms with Crippen molar-refractivity contribution in [3.8, 4) is 11.8 Å². The van der Waals surface area contributed by atoms with Crippen molar-refractivity contribution in [2.45, 2.75) is 13.3 Å². The lowest BCUT2D eigenvalue weighted by Gasteiger charge is -2.19. The fourth-order valence-electron chi connectivity index (χ4n) is 2.35. The minimum atomic E-state index is -0.716. The number of carbonyl (C=O) groups is 3. The van der Waals surface area contributed by atoms with E-state index in [1.165, 1.54) is 4.90 Å². The number of rotatable bonds is 9. The third-order valence-electron chi connectivity index (χ3n) is 3.81. The van der Waals surface area contributed by atoms with Crippen LogP contribution < -0.4 is 9.64 Å². The molecule has 2 aromatic rings. The summed E-state index contributed by atoms with van der Waals surface area (Å²) >= 11 is 0. The van der Waals surface area contributed by atoms with E-state index in [1.54, 1.807) is 61.5 Å². The van der Waals surface area contributed by atoms with Crippen molar-refractivity contribution in [1.29, 1.82) is 5.26 Å². The van der Waals surface area contributed by atoms with Crippen molar-refractivity contribution in [1.82, 2.24) is 0 Å². The van der Waals surface area contributed by atoms with Gasteiger partial charge >= 0.3 is 5.97 Å². The topological polar surface area (TPSA) is 96.7 Å². The molecule has 0 N–H and O–H groups in total. The van der Waals surface area contributed by atoms with Crippen LogP contribution in [0.4, 0.5) is 5.69 Å². The second kappa shape index (κ2) is 10.5. The number of Topliss-reactive ketones (excluding diaryl/α,β-unsaturated/α-hetero) is 1. The summed E-state index contributed by atoms with van der Waals surface area (Å²) in [4.78, 5) is 36.9. The normalized spacial score (nSPS) is 9.86. The highest BCUT2D eigenvalue weighted by Crippen LogP contribution is 2.14. The van der Waals surface area contributed by atoms with Gasteiger partial charge in [0.05, 0.1) is 6.07 Å². The summed E-state index contributed by atoms with van der Waals surface area (Å²) in [6.07, 6.45) is 0.409. The molecule has 0 aliphatic rings. The predicted octanol–water partition coefficient (Wildman–Crippen LogP) is 2.76. The lowest BCUT2D eigenvalue weighted by Crippen LogP contribution is -2.35. The van der Waals surface area contributed by atoms with Crippen molar-refractivity contribution >= 4 is 23.3 Å². The molecule has 0 aliphatic carbocycles. The fourth-order valence-corrected chi connectivity index (χ4v) is 2.35. The van der Waals surface area contributed by atoms with Gasteiger partial charge in [-0.3, -0.25) is 14.5 Å². The molecular weight excluding hydrogens is 360 g/mol. The Balaban J connectivity index is 1.83. The van der Waals surface area contributed by atoms with Gasteiger partial charge in [0.2, 0.25) is 0 Å². The Morgan fingerprint density at radius 1 is 1.00 bits per heavy atom. The van der Waals surface area contributed by atoms with E-state index in [-0.39, 0.29) is 18.9 Å². The number of para-hydroxylation sites is 1. The Bertz CT molecular complexity index is 857. The first kappa shape index (κ1) is 20.6. The molecule has 0 aromatic heterocycles. The lowest BCUT2D eigenvalue weighted by atomic mass is 10.1. The molecule has 2 aromatic carbocycles. The minimum absolute atomic E-state index is 0.0183. The van der Waals surface area contributed by atoms with Crippen LogP contribution in [-0.4, -0.2) is 37.4 Å². The Morgan fingerprint density at radius 2 is 1.68 bits per heavy atom. The molecule has 7 heteroatoms. The van der Waals surface area contributed by atoms with Gasteiger partial charge in [-0.25, -0.2) is 4.79 Å². The van der Waals surface area contributed by atoms with Gasteiger partial charge in [-0.05, 0) is 36.4 Å². The van der Waals surface area contributed by atoms with Crippen LogP contribution in [0, 0.1) is 11.3 Å². The second-order valence-corrected chi connectivity index (χ2v) is 5.72. The van der Waals surface area contributed by atoms with Crippen LogP contribution in [0.2, 0.25) is 0 Å². The van der Waals surface area contributed by atoms with E-state index in [2.05, 4.69) is 0 Å². The van der Waals surface area contributed by atoms with E-state index in [1.807, 2.05) is 6.07 Å². The largest absolute Gasteiger partial charge is 0.482 e. The van der Waals surface area contributed by atoms with Crippen molar-refractivity contribution in [3.05, 3.63) is 60.2 Å². The minimum Gasteiger partial charge on any atom is -0.482 e. The second-order valence-electron chi connectivity index (χ2n) is 5.72. The zero-order valence-electron chi connectivity index (χ0n) is 15.5. The van der Waals surface area contributed by atoms with E-state index in [0.29, 0.717) is 23.4 Å². The van der Waals surface area contributed by atoms with E-state index in [0.717, 1.165) is 0 Å². The molecule has 0 saturated carbocycles. The van der Waals surface area contributed by atoms with Gasteiger partial charge in [0.25, 0.3) is 5.91 Å². The maximum absolute atomic E-state index is 12.3. The summed E-state index contributed by atoms with van der Waals surface area (Å²) in [6, 6.07) is 17.0. The molecule has 0 radical (unpaired) electrons. The first-order chi connectivity index (χ1) is 13.5. The number of hydrogen-bond donors (Lipinski definition) is 0. The lowest BCUT2D eigenvalue weighted by molar-refractivity contribution is -0.149. The molecular formula is C21H20N2O5. The Morgan fingerprint density at radius 3 is 2.29 bits per heavy atom. The standard InChI is InChI=1S/C21H20N2O5/c1-2-19(24)16-8-10-18(11-9-16)27-15-21(26)28-14-20(25)23(13-12-22)17-6-4-3-5-7-17/h3-11H,2,13-15H2,1H3. The third-order valence-corrected chi connectivity index (χ3v) is 3.81. The van der Waals surface area contributed by atoms with E-state index >= 15 is 0 Å². The Kier molecular flexibility index (Phi) is 7.73. The van der Waals surface area contributed by atoms with Crippen LogP contribution in [0.1, 0.15) is 23.7 Å². The van der Waals surface area contributed by atoms with Gasteiger partial charge in [0.1, 0.15) is 12.3 Å². The number of nitriles is 1. The summed E-state index contributed by atoms with van der Waals surface area (Å²) < 4.78 is 10.2. The number of ketones is 1. The number of hydrogen-bond acceptors (Lipinski definition) is 6. The third kappa shape index (κ3) is 5.95. The van der Waals surface area contributed by atoms with E-state index < -0.39 is 18.5 Å². The van der Waals surface area contributed by atoms with Crippen molar-refractivity contribution < 1.29 is 23.9 Å². The fraction of sp³-hybridized carbons (Fsp3) is 0.238. The molecule has 0 spiro atoms. The average Bonchev–Trinajstić information content (AvgIpc) is 2.74. The van der Waals surface area contributed by atoms with Crippen molar-refractivity contribution in [2.75, 3.05) is 24.7 Å². The van der Waals surface area contributed by atoms with Gasteiger partial charge < -0.3 is 9.47 Å². The Hall–Kier alpha value is -3.66. The first-order valence-electron chi connectivity index (χ1n) is 8.69. The van der Waals surface area contributed by atoms with Crippen LogP contribution in [0.15, 0.2) is 54.6 Å². The van der Waals surface area contributed by atoms with Crippen LogP contribution in [0.25, 0.3) is 0 Å². The summed E-state index contributed by atoms with van der Waals surface area (Å²) in [5.41, 5.74) is 1.12. The summed E-state index contributed by atoms with van der Waals surface area (Å²) in [6.45, 7) is 0.750. The highest BCUT2D eigenvalue weighted by Gasteiger charge is 2.17. The van der Waals surface area contributed by atoms with Gasteiger partial charge in [0.15, 0.2) is 19.0 Å². The number of esters is 1. The predicted molar refractivity (Wildman–Crippen MR) is 102 cm³/mol. The van der Waals surface area contributed by atoms with E-state index in [9.17, 15) is 14.4 Å². The molecule has 0 atom stereocenters. The summed E-state index contributed by atoms with van der Waals surface area (Å²) in [7, 11) is 0. The molecule has 0 aliphatic heterocycles. The number of carbonyl (C=O) groups excluding carboxylic acids is 3. The SMILES string of the molecule is CCC(=O)c1ccc(OCC(=O)OCC(=O)N(CC#N)c2ccccc2)cc1. The van der Waals surface area contributed by atoms with Crippen LogP contribution in [0.5, 0.6) is 5.75 Å². The molecule has 0 bridgehead atoms. The molecule has 0 saturated heterocycles. The van der Waals surface area contributed by atoms with Crippen LogP contribution >= 0.6 is 0 Å².